The SMILES string of the molecule is O=CC1c2c(O)cccc2N=C2C=CC=CC21. The number of hydrogen-bond acceptors (Lipinski definition) is 3. The minimum Gasteiger partial charge on any atom is -0.508 e. The van der Waals surface area contributed by atoms with Gasteiger partial charge in [0.15, 0.2) is 0 Å². The molecule has 1 aromatic carbocycles. The first-order valence-corrected chi connectivity index (χ1v) is 5.52. The maximum Gasteiger partial charge on any atom is 0.128 e. The highest BCUT2D eigenvalue weighted by Crippen LogP contribution is 2.43. The standard InChI is InChI=1S/C14H11NO2/c16-8-10-9-4-1-2-5-11(9)15-12-6-3-7-13(17)14(10)12/h1-10,17H. The molecule has 0 saturated heterocycles. The van der Waals surface area contributed by atoms with Crippen LogP contribution in [0.1, 0.15) is 11.5 Å². The highest BCUT2D eigenvalue weighted by Gasteiger charge is 2.32. The molecule has 1 aliphatic heterocycles. The van der Waals surface area contributed by atoms with Gasteiger partial charge in [-0.15, -0.1) is 0 Å². The van der Waals surface area contributed by atoms with E-state index in [1.54, 1.807) is 12.1 Å². The first-order chi connectivity index (χ1) is 8.31. The number of benzene rings is 1. The van der Waals surface area contributed by atoms with Gasteiger partial charge in [0.05, 0.1) is 11.6 Å². The van der Waals surface area contributed by atoms with Crippen LogP contribution in [0.25, 0.3) is 0 Å². The molecule has 1 aliphatic carbocycles. The summed E-state index contributed by atoms with van der Waals surface area (Å²) in [6, 6.07) is 5.15. The third kappa shape index (κ3) is 1.43. The van der Waals surface area contributed by atoms with E-state index in [2.05, 4.69) is 4.99 Å². The van der Waals surface area contributed by atoms with Crippen molar-refractivity contribution < 1.29 is 9.90 Å². The number of fused-ring (bicyclic) bond motifs is 2. The van der Waals surface area contributed by atoms with Gasteiger partial charge in [0.2, 0.25) is 0 Å². The second-order valence-corrected chi connectivity index (χ2v) is 4.18. The fourth-order valence-corrected chi connectivity index (χ4v) is 2.41. The quantitative estimate of drug-likeness (QED) is 0.746. The van der Waals surface area contributed by atoms with Crippen molar-refractivity contribution in [3.63, 3.8) is 0 Å². The van der Waals surface area contributed by atoms with Crippen LogP contribution in [0.5, 0.6) is 5.75 Å². The van der Waals surface area contributed by atoms with Crippen molar-refractivity contribution in [2.24, 2.45) is 10.9 Å². The van der Waals surface area contributed by atoms with Crippen molar-refractivity contribution >= 4 is 17.7 Å². The Morgan fingerprint density at radius 1 is 1.29 bits per heavy atom. The molecule has 2 atom stereocenters. The number of phenols is 1. The van der Waals surface area contributed by atoms with Crippen molar-refractivity contribution in [3.05, 3.63) is 48.1 Å². The Labute approximate surface area is 98.8 Å². The fourth-order valence-electron chi connectivity index (χ4n) is 2.41. The normalized spacial score (nSPS) is 24.8. The lowest BCUT2D eigenvalue weighted by Gasteiger charge is -2.28. The molecule has 0 saturated carbocycles. The molecule has 1 N–H and O–H groups in total. The number of nitrogens with zero attached hydrogens (tertiary/aromatic N) is 1. The minimum atomic E-state index is -0.347. The Balaban J connectivity index is 2.25. The van der Waals surface area contributed by atoms with E-state index in [-0.39, 0.29) is 17.6 Å². The summed E-state index contributed by atoms with van der Waals surface area (Å²) < 4.78 is 0. The van der Waals surface area contributed by atoms with Crippen LogP contribution < -0.4 is 0 Å². The van der Waals surface area contributed by atoms with Gasteiger partial charge in [0.25, 0.3) is 0 Å². The summed E-state index contributed by atoms with van der Waals surface area (Å²) in [6.07, 6.45) is 8.57. The van der Waals surface area contributed by atoms with E-state index in [1.165, 1.54) is 0 Å². The van der Waals surface area contributed by atoms with Crippen LogP contribution in [0.2, 0.25) is 0 Å². The number of carbonyl (C=O) groups excluding carboxylic acids is 1. The molecule has 0 spiro atoms. The zero-order chi connectivity index (χ0) is 11.8. The maximum atomic E-state index is 11.3. The first-order valence-electron chi connectivity index (χ1n) is 5.52. The average molecular weight is 225 g/mol. The largest absolute Gasteiger partial charge is 0.508 e. The van der Waals surface area contributed by atoms with Crippen LogP contribution in [0.15, 0.2) is 47.5 Å². The molecule has 0 radical (unpaired) electrons. The van der Waals surface area contributed by atoms with Crippen LogP contribution in [0.4, 0.5) is 5.69 Å². The average Bonchev–Trinajstić information content (AvgIpc) is 2.36. The Bertz CT molecular complexity index is 570. The number of aldehydes is 1. The molecule has 3 nitrogen and oxygen atoms in total. The van der Waals surface area contributed by atoms with E-state index in [9.17, 15) is 9.90 Å². The molecule has 3 heteroatoms. The number of aromatic hydroxyl groups is 1. The van der Waals surface area contributed by atoms with Gasteiger partial charge in [0.1, 0.15) is 12.0 Å². The van der Waals surface area contributed by atoms with E-state index in [0.29, 0.717) is 11.3 Å². The number of carbonyl (C=O) groups is 1. The van der Waals surface area contributed by atoms with Crippen LogP contribution in [-0.4, -0.2) is 17.1 Å². The van der Waals surface area contributed by atoms with Gasteiger partial charge >= 0.3 is 0 Å². The van der Waals surface area contributed by atoms with E-state index in [4.69, 9.17) is 0 Å². The Morgan fingerprint density at radius 2 is 2.18 bits per heavy atom. The molecule has 2 aliphatic rings. The van der Waals surface area contributed by atoms with E-state index < -0.39 is 0 Å². The molecule has 1 heterocycles. The highest BCUT2D eigenvalue weighted by molar-refractivity contribution is 6.05. The molecular weight excluding hydrogens is 214 g/mol. The predicted molar refractivity (Wildman–Crippen MR) is 65.8 cm³/mol. The van der Waals surface area contributed by atoms with Crippen LogP contribution >= 0.6 is 0 Å². The van der Waals surface area contributed by atoms with Crippen molar-refractivity contribution in [1.82, 2.24) is 0 Å². The van der Waals surface area contributed by atoms with E-state index >= 15 is 0 Å². The summed E-state index contributed by atoms with van der Waals surface area (Å²) in [6.45, 7) is 0. The molecular formula is C14H11NO2. The molecule has 0 aromatic heterocycles. The topological polar surface area (TPSA) is 49.7 Å². The smallest absolute Gasteiger partial charge is 0.128 e. The summed E-state index contributed by atoms with van der Waals surface area (Å²) in [5.74, 6) is -0.261. The summed E-state index contributed by atoms with van der Waals surface area (Å²) in [4.78, 5) is 15.8. The van der Waals surface area contributed by atoms with Crippen molar-refractivity contribution in [2.75, 3.05) is 0 Å². The molecule has 0 fully saturated rings. The van der Waals surface area contributed by atoms with Gasteiger partial charge in [-0.3, -0.25) is 4.99 Å². The molecule has 0 bridgehead atoms. The summed E-state index contributed by atoms with van der Waals surface area (Å²) >= 11 is 0. The molecule has 3 rings (SSSR count). The summed E-state index contributed by atoms with van der Waals surface area (Å²) in [5.41, 5.74) is 2.20. The van der Waals surface area contributed by atoms with E-state index in [1.807, 2.05) is 30.4 Å². The highest BCUT2D eigenvalue weighted by atomic mass is 16.3. The van der Waals surface area contributed by atoms with Gasteiger partial charge in [-0.2, -0.15) is 0 Å². The zero-order valence-corrected chi connectivity index (χ0v) is 9.08. The van der Waals surface area contributed by atoms with Crippen molar-refractivity contribution in [3.8, 4) is 5.75 Å². The number of hydrogen-bond donors (Lipinski definition) is 1. The second-order valence-electron chi connectivity index (χ2n) is 4.18. The maximum absolute atomic E-state index is 11.3. The van der Waals surface area contributed by atoms with Crippen LogP contribution in [0, 0.1) is 5.92 Å². The monoisotopic (exact) mass is 225 g/mol. The number of rotatable bonds is 1. The van der Waals surface area contributed by atoms with E-state index in [0.717, 1.165) is 12.0 Å². The number of phenolic OH excluding ortho intramolecular Hbond substituents is 1. The predicted octanol–water partition coefficient (Wildman–Crippen LogP) is 2.50. The third-order valence-electron chi connectivity index (χ3n) is 3.21. The van der Waals surface area contributed by atoms with Gasteiger partial charge in [0, 0.05) is 17.2 Å². The third-order valence-corrected chi connectivity index (χ3v) is 3.21. The lowest BCUT2D eigenvalue weighted by atomic mass is 9.78. The molecule has 0 amide bonds. The Morgan fingerprint density at radius 3 is 3.00 bits per heavy atom. The Hall–Kier alpha value is -2.16. The molecule has 17 heavy (non-hydrogen) atoms. The molecule has 2 unspecified atom stereocenters. The van der Waals surface area contributed by atoms with Gasteiger partial charge < -0.3 is 9.90 Å². The van der Waals surface area contributed by atoms with Gasteiger partial charge in [-0.05, 0) is 18.2 Å². The molecule has 84 valence electrons. The first kappa shape index (κ1) is 10.0. The number of aliphatic imine (C=N–C) groups is 1. The lowest BCUT2D eigenvalue weighted by molar-refractivity contribution is -0.109. The van der Waals surface area contributed by atoms with Crippen molar-refractivity contribution in [2.45, 2.75) is 5.92 Å². The Kier molecular flexibility index (Phi) is 2.18. The summed E-state index contributed by atoms with van der Waals surface area (Å²) in [5, 5.41) is 9.88. The van der Waals surface area contributed by atoms with Crippen molar-refractivity contribution in [1.29, 1.82) is 0 Å². The van der Waals surface area contributed by atoms with Gasteiger partial charge in [-0.25, -0.2) is 0 Å². The van der Waals surface area contributed by atoms with Crippen LogP contribution in [0.3, 0.4) is 0 Å². The lowest BCUT2D eigenvalue weighted by Crippen LogP contribution is -2.25. The summed E-state index contributed by atoms with van der Waals surface area (Å²) in [7, 11) is 0. The minimum absolute atomic E-state index is 0.0571. The van der Waals surface area contributed by atoms with Crippen LogP contribution in [-0.2, 0) is 4.79 Å². The molecule has 1 aromatic rings. The fraction of sp³-hybridized carbons (Fsp3) is 0.143. The second kappa shape index (κ2) is 3.70. The number of allylic oxidation sites excluding steroid dienone is 4. The zero-order valence-electron chi connectivity index (χ0n) is 9.08. The van der Waals surface area contributed by atoms with Gasteiger partial charge in [-0.1, -0.05) is 24.3 Å².